The van der Waals surface area contributed by atoms with Gasteiger partial charge in [-0.3, -0.25) is 0 Å². The van der Waals surface area contributed by atoms with E-state index in [2.05, 4.69) is 19.7 Å². The number of rotatable bonds is 14. The van der Waals surface area contributed by atoms with Crippen LogP contribution in [-0.4, -0.2) is 43.2 Å². The number of esters is 4. The summed E-state index contributed by atoms with van der Waals surface area (Å²) in [5, 5.41) is 0. The molecule has 0 aliphatic carbocycles. The van der Waals surface area contributed by atoms with Gasteiger partial charge in [-0.15, -0.1) is 0 Å². The zero-order valence-electron chi connectivity index (χ0n) is 26.3. The highest BCUT2D eigenvalue weighted by Gasteiger charge is 2.18. The number of hydrogen-bond donors (Lipinski definition) is 0. The van der Waals surface area contributed by atoms with E-state index < -0.39 is 30.0 Å². The predicted octanol–water partition coefficient (Wildman–Crippen LogP) is 6.75. The van der Waals surface area contributed by atoms with Crippen molar-refractivity contribution in [3.05, 3.63) is 120 Å². The number of hydrogen-bond acceptors (Lipinski definition) is 9. The fourth-order valence-corrected chi connectivity index (χ4v) is 3.71. The summed E-state index contributed by atoms with van der Waals surface area (Å²) in [6.07, 6.45) is 2.22. The van der Waals surface area contributed by atoms with Gasteiger partial charge >= 0.3 is 23.9 Å². The Kier molecular flexibility index (Phi) is 12.4. The summed E-state index contributed by atoms with van der Waals surface area (Å²) < 4.78 is 26.9. The van der Waals surface area contributed by atoms with E-state index in [0.717, 1.165) is 16.7 Å². The SMILES string of the molecule is C=C(C)C(=O)OCC(COC(=O)C(=C)C)Oc1ccc(-c2ccc(/C=C/C(=O)Oc3ccc(OC(=O)C(=C)C)cc3C)cc2)cc1. The van der Waals surface area contributed by atoms with Crippen molar-refractivity contribution in [2.75, 3.05) is 13.2 Å². The minimum absolute atomic E-state index is 0.141. The van der Waals surface area contributed by atoms with Crippen molar-refractivity contribution in [1.29, 1.82) is 0 Å². The van der Waals surface area contributed by atoms with Crippen LogP contribution < -0.4 is 14.2 Å². The van der Waals surface area contributed by atoms with Gasteiger partial charge in [0.25, 0.3) is 0 Å². The van der Waals surface area contributed by atoms with Gasteiger partial charge in [-0.05, 0) is 86.4 Å². The van der Waals surface area contributed by atoms with Crippen LogP contribution in [0.3, 0.4) is 0 Å². The van der Waals surface area contributed by atoms with E-state index >= 15 is 0 Å². The van der Waals surface area contributed by atoms with Gasteiger partial charge < -0.3 is 23.7 Å². The fraction of sp³-hybridized carbons (Fsp3) is 0.189. The molecule has 0 aliphatic rings. The Morgan fingerprint density at radius 3 is 1.67 bits per heavy atom. The van der Waals surface area contributed by atoms with E-state index in [-0.39, 0.29) is 29.9 Å². The van der Waals surface area contributed by atoms with Crippen molar-refractivity contribution in [2.24, 2.45) is 0 Å². The molecule has 0 spiro atoms. The number of carbonyl (C=O) groups is 4. The molecule has 0 unspecified atom stereocenters. The van der Waals surface area contributed by atoms with Gasteiger partial charge in [0.15, 0.2) is 6.10 Å². The first kappa shape index (κ1) is 34.8. The third-order valence-corrected chi connectivity index (χ3v) is 6.23. The second kappa shape index (κ2) is 16.4. The van der Waals surface area contributed by atoms with Crippen molar-refractivity contribution in [3.8, 4) is 28.4 Å². The molecule has 0 amide bonds. The molecule has 238 valence electrons. The molecule has 0 bridgehead atoms. The lowest BCUT2D eigenvalue weighted by Gasteiger charge is -2.19. The number of benzene rings is 3. The van der Waals surface area contributed by atoms with Crippen molar-refractivity contribution in [3.63, 3.8) is 0 Å². The standard InChI is InChI=1S/C37H36O9/c1-23(2)35(39)42-21-32(22-43-36(40)24(3)4)44-30-15-13-29(14-16-30)28-11-8-27(9-12-28)10-19-34(38)46-33-18-17-31(20-26(33)7)45-37(41)25(5)6/h8-20,32H,1,3,5,21-22H2,2,4,6-7H3/b19-10+. The minimum Gasteiger partial charge on any atom is -0.483 e. The lowest BCUT2D eigenvalue weighted by molar-refractivity contribution is -0.146. The summed E-state index contributed by atoms with van der Waals surface area (Å²) >= 11 is 0. The lowest BCUT2D eigenvalue weighted by Crippen LogP contribution is -2.31. The Bertz CT molecular complexity index is 1630. The number of aryl methyl sites for hydroxylation is 1. The zero-order valence-corrected chi connectivity index (χ0v) is 26.3. The van der Waals surface area contributed by atoms with Crippen molar-refractivity contribution >= 4 is 30.0 Å². The lowest BCUT2D eigenvalue weighted by atomic mass is 10.0. The van der Waals surface area contributed by atoms with E-state index in [4.69, 9.17) is 23.7 Å². The molecular weight excluding hydrogens is 588 g/mol. The Morgan fingerprint density at radius 2 is 1.17 bits per heavy atom. The zero-order chi connectivity index (χ0) is 33.8. The Hall–Kier alpha value is -5.70. The van der Waals surface area contributed by atoms with Gasteiger partial charge in [-0.25, -0.2) is 19.2 Å². The molecule has 0 saturated heterocycles. The normalized spacial score (nSPS) is 10.6. The molecule has 0 fully saturated rings. The molecule has 3 rings (SSSR count). The quantitative estimate of drug-likeness (QED) is 0.109. The third-order valence-electron chi connectivity index (χ3n) is 6.23. The van der Waals surface area contributed by atoms with Crippen LogP contribution in [0.1, 0.15) is 31.9 Å². The molecule has 0 N–H and O–H groups in total. The smallest absolute Gasteiger partial charge is 0.338 e. The van der Waals surface area contributed by atoms with Crippen LogP contribution in [0.4, 0.5) is 0 Å². The van der Waals surface area contributed by atoms with Crippen molar-refractivity contribution < 1.29 is 42.9 Å². The van der Waals surface area contributed by atoms with Gasteiger partial charge in [-0.1, -0.05) is 56.1 Å². The maximum absolute atomic E-state index is 12.4. The molecule has 0 aromatic heterocycles. The van der Waals surface area contributed by atoms with Crippen molar-refractivity contribution in [2.45, 2.75) is 33.8 Å². The first-order valence-electron chi connectivity index (χ1n) is 14.2. The minimum atomic E-state index is -0.746. The third kappa shape index (κ3) is 10.8. The van der Waals surface area contributed by atoms with E-state index in [1.807, 2.05) is 36.4 Å². The van der Waals surface area contributed by atoms with Crippen molar-refractivity contribution in [1.82, 2.24) is 0 Å². The predicted molar refractivity (Wildman–Crippen MR) is 174 cm³/mol. The van der Waals surface area contributed by atoms with Gasteiger partial charge in [0, 0.05) is 22.8 Å². The van der Waals surface area contributed by atoms with Crippen LogP contribution in [0, 0.1) is 6.92 Å². The number of carbonyl (C=O) groups excluding carboxylic acids is 4. The van der Waals surface area contributed by atoms with E-state index in [1.54, 1.807) is 50.3 Å². The monoisotopic (exact) mass is 624 g/mol. The maximum atomic E-state index is 12.4. The Morgan fingerprint density at radius 1 is 0.674 bits per heavy atom. The molecule has 0 aliphatic heterocycles. The van der Waals surface area contributed by atoms with Gasteiger partial charge in [-0.2, -0.15) is 0 Å². The summed E-state index contributed by atoms with van der Waals surface area (Å²) in [6.45, 7) is 16.7. The average Bonchev–Trinajstić information content (AvgIpc) is 3.02. The van der Waals surface area contributed by atoms with Gasteiger partial charge in [0.2, 0.25) is 0 Å². The molecule has 46 heavy (non-hydrogen) atoms. The topological polar surface area (TPSA) is 114 Å². The molecular formula is C37H36O9. The highest BCUT2D eigenvalue weighted by atomic mass is 16.6. The van der Waals surface area contributed by atoms with Gasteiger partial charge in [0.1, 0.15) is 30.5 Å². The van der Waals surface area contributed by atoms with Crippen LogP contribution in [-0.2, 0) is 28.7 Å². The molecule has 0 radical (unpaired) electrons. The first-order valence-corrected chi connectivity index (χ1v) is 14.2. The molecule has 9 heteroatoms. The average molecular weight is 625 g/mol. The Balaban J connectivity index is 1.59. The summed E-state index contributed by atoms with van der Waals surface area (Å²) in [7, 11) is 0. The van der Waals surface area contributed by atoms with E-state index in [9.17, 15) is 19.2 Å². The van der Waals surface area contributed by atoms with Crippen LogP contribution in [0.2, 0.25) is 0 Å². The molecule has 3 aromatic rings. The van der Waals surface area contributed by atoms with Crippen LogP contribution in [0.15, 0.2) is 109 Å². The Labute approximate surface area is 268 Å². The molecule has 0 saturated carbocycles. The van der Waals surface area contributed by atoms with E-state index in [0.29, 0.717) is 22.8 Å². The van der Waals surface area contributed by atoms with Crippen LogP contribution in [0.25, 0.3) is 17.2 Å². The summed E-state index contributed by atoms with van der Waals surface area (Å²) in [5.74, 6) is -1.08. The molecule has 0 heterocycles. The molecule has 0 atom stereocenters. The van der Waals surface area contributed by atoms with Crippen LogP contribution in [0.5, 0.6) is 17.2 Å². The molecule has 9 nitrogen and oxygen atoms in total. The highest BCUT2D eigenvalue weighted by Crippen LogP contribution is 2.26. The second-order valence-electron chi connectivity index (χ2n) is 10.5. The largest absolute Gasteiger partial charge is 0.483 e. The second-order valence-corrected chi connectivity index (χ2v) is 10.5. The summed E-state index contributed by atoms with van der Waals surface area (Å²) in [5.41, 5.74) is 4.02. The number of ether oxygens (including phenoxy) is 5. The highest BCUT2D eigenvalue weighted by molar-refractivity contribution is 5.90. The van der Waals surface area contributed by atoms with Gasteiger partial charge in [0.05, 0.1) is 0 Å². The first-order chi connectivity index (χ1) is 21.8. The fourth-order valence-electron chi connectivity index (χ4n) is 3.71. The summed E-state index contributed by atoms with van der Waals surface area (Å²) in [6, 6.07) is 19.5. The maximum Gasteiger partial charge on any atom is 0.338 e. The molecule has 3 aromatic carbocycles. The van der Waals surface area contributed by atoms with E-state index in [1.165, 1.54) is 19.9 Å². The van der Waals surface area contributed by atoms with Crippen LogP contribution >= 0.6 is 0 Å². The summed E-state index contributed by atoms with van der Waals surface area (Å²) in [4.78, 5) is 47.8.